The van der Waals surface area contributed by atoms with E-state index in [0.717, 1.165) is 30.0 Å². The molecule has 2 aromatic rings. The first-order valence-corrected chi connectivity index (χ1v) is 8.19. The van der Waals surface area contributed by atoms with Crippen LogP contribution in [0.3, 0.4) is 0 Å². The van der Waals surface area contributed by atoms with Gasteiger partial charge in [0, 0.05) is 30.0 Å². The van der Waals surface area contributed by atoms with Gasteiger partial charge in [-0.3, -0.25) is 9.59 Å². The fourth-order valence-electron chi connectivity index (χ4n) is 2.83. The smallest absolute Gasteiger partial charge is 0.246 e. The molecule has 5 heteroatoms. The van der Waals surface area contributed by atoms with Gasteiger partial charge in [-0.1, -0.05) is 31.2 Å². The van der Waals surface area contributed by atoms with E-state index in [9.17, 15) is 9.59 Å². The average Bonchev–Trinajstić information content (AvgIpc) is 3.04. The Morgan fingerprint density at radius 1 is 1.08 bits per heavy atom. The first-order chi connectivity index (χ1) is 11.7. The van der Waals surface area contributed by atoms with E-state index in [1.807, 2.05) is 54.3 Å². The molecular formula is C19H21N3O2. The second kappa shape index (κ2) is 7.17. The van der Waals surface area contributed by atoms with Gasteiger partial charge in [-0.05, 0) is 36.2 Å². The summed E-state index contributed by atoms with van der Waals surface area (Å²) >= 11 is 0. The van der Waals surface area contributed by atoms with Crippen molar-refractivity contribution >= 4 is 28.9 Å². The first kappa shape index (κ1) is 16.1. The number of hydrogen-bond acceptors (Lipinski definition) is 3. The highest BCUT2D eigenvalue weighted by Gasteiger charge is 2.23. The molecule has 0 fully saturated rings. The average molecular weight is 323 g/mol. The van der Waals surface area contributed by atoms with Crippen molar-refractivity contribution in [3.8, 4) is 0 Å². The van der Waals surface area contributed by atoms with Crippen LogP contribution in [-0.2, 0) is 16.0 Å². The summed E-state index contributed by atoms with van der Waals surface area (Å²) in [6.07, 6.45) is 1.34. The van der Waals surface area contributed by atoms with Crippen molar-refractivity contribution in [2.75, 3.05) is 28.6 Å². The summed E-state index contributed by atoms with van der Waals surface area (Å²) in [4.78, 5) is 25.8. The summed E-state index contributed by atoms with van der Waals surface area (Å²) in [6.45, 7) is 2.76. The van der Waals surface area contributed by atoms with Gasteiger partial charge in [0.05, 0.1) is 6.54 Å². The molecule has 1 aliphatic rings. The number of carbonyl (C=O) groups is 2. The molecule has 0 unspecified atom stereocenters. The molecule has 3 rings (SSSR count). The minimum Gasteiger partial charge on any atom is -0.376 e. The molecular weight excluding hydrogens is 302 g/mol. The second-order valence-electron chi connectivity index (χ2n) is 5.76. The molecule has 2 aromatic carbocycles. The number of para-hydroxylation sites is 1. The van der Waals surface area contributed by atoms with Crippen molar-refractivity contribution in [3.05, 3.63) is 54.1 Å². The Hall–Kier alpha value is -2.82. The first-order valence-electron chi connectivity index (χ1n) is 8.19. The molecule has 2 amide bonds. The van der Waals surface area contributed by atoms with Crippen molar-refractivity contribution in [3.63, 3.8) is 0 Å². The largest absolute Gasteiger partial charge is 0.376 e. The Balaban J connectivity index is 1.61. The van der Waals surface area contributed by atoms with Gasteiger partial charge in [0.1, 0.15) is 0 Å². The number of rotatable bonds is 5. The predicted molar refractivity (Wildman–Crippen MR) is 96.4 cm³/mol. The highest BCUT2D eigenvalue weighted by Crippen LogP contribution is 2.27. The van der Waals surface area contributed by atoms with Gasteiger partial charge >= 0.3 is 0 Å². The van der Waals surface area contributed by atoms with E-state index < -0.39 is 0 Å². The lowest BCUT2D eigenvalue weighted by molar-refractivity contribution is -0.117. The number of anilines is 3. The topological polar surface area (TPSA) is 61.4 Å². The van der Waals surface area contributed by atoms with Gasteiger partial charge in [-0.25, -0.2) is 0 Å². The quantitative estimate of drug-likeness (QED) is 0.889. The van der Waals surface area contributed by atoms with E-state index in [4.69, 9.17) is 0 Å². The van der Waals surface area contributed by atoms with Gasteiger partial charge < -0.3 is 15.5 Å². The molecule has 0 saturated carbocycles. The molecule has 0 bridgehead atoms. The highest BCUT2D eigenvalue weighted by molar-refractivity contribution is 5.98. The van der Waals surface area contributed by atoms with Crippen molar-refractivity contribution in [1.29, 1.82) is 0 Å². The van der Waals surface area contributed by atoms with Crippen molar-refractivity contribution in [2.45, 2.75) is 19.8 Å². The summed E-state index contributed by atoms with van der Waals surface area (Å²) < 4.78 is 0. The lowest BCUT2D eigenvalue weighted by Crippen LogP contribution is -2.34. The van der Waals surface area contributed by atoms with Crippen LogP contribution in [0, 0.1) is 0 Å². The molecule has 5 nitrogen and oxygen atoms in total. The molecule has 124 valence electrons. The summed E-state index contributed by atoms with van der Waals surface area (Å²) in [5.41, 5.74) is 3.76. The third-order valence-corrected chi connectivity index (χ3v) is 4.10. The van der Waals surface area contributed by atoms with E-state index in [1.165, 1.54) is 5.56 Å². The van der Waals surface area contributed by atoms with Crippen LogP contribution in [0.25, 0.3) is 0 Å². The lowest BCUT2D eigenvalue weighted by atomic mass is 10.2. The molecule has 1 aliphatic heterocycles. The van der Waals surface area contributed by atoms with Gasteiger partial charge in [0.25, 0.3) is 0 Å². The molecule has 2 N–H and O–H groups in total. The van der Waals surface area contributed by atoms with Gasteiger partial charge in [-0.15, -0.1) is 0 Å². The number of nitrogens with zero attached hydrogens (tertiary/aromatic N) is 1. The lowest BCUT2D eigenvalue weighted by Gasteiger charge is -2.18. The van der Waals surface area contributed by atoms with Crippen LogP contribution in [0.5, 0.6) is 0 Å². The third-order valence-electron chi connectivity index (χ3n) is 4.10. The van der Waals surface area contributed by atoms with E-state index in [-0.39, 0.29) is 18.4 Å². The zero-order chi connectivity index (χ0) is 16.9. The standard InChI is InChI=1S/C19H21N3O2/c1-2-18(23)21-16-8-5-7-15(12-16)20-13-19(24)22-11-10-14-6-3-4-9-17(14)22/h3-9,12,20H,2,10-11,13H2,1H3,(H,21,23). The Labute approximate surface area is 141 Å². The summed E-state index contributed by atoms with van der Waals surface area (Å²) in [7, 11) is 0. The number of fused-ring (bicyclic) bond motifs is 1. The van der Waals surface area contributed by atoms with Gasteiger partial charge in [0.2, 0.25) is 11.8 Å². The monoisotopic (exact) mass is 323 g/mol. The Morgan fingerprint density at radius 3 is 2.71 bits per heavy atom. The van der Waals surface area contributed by atoms with E-state index in [0.29, 0.717) is 6.42 Å². The fraction of sp³-hybridized carbons (Fsp3) is 0.263. The minimum absolute atomic E-state index is 0.0306. The molecule has 1 heterocycles. The maximum Gasteiger partial charge on any atom is 0.246 e. The molecule has 0 aliphatic carbocycles. The zero-order valence-electron chi connectivity index (χ0n) is 13.7. The number of hydrogen-bond donors (Lipinski definition) is 2. The van der Waals surface area contributed by atoms with E-state index >= 15 is 0 Å². The maximum atomic E-state index is 12.5. The Bertz CT molecular complexity index is 758. The normalized spacial score (nSPS) is 12.6. The number of benzene rings is 2. The van der Waals surface area contributed by atoms with E-state index in [2.05, 4.69) is 16.7 Å². The van der Waals surface area contributed by atoms with Crippen molar-refractivity contribution < 1.29 is 9.59 Å². The fourth-order valence-corrected chi connectivity index (χ4v) is 2.83. The van der Waals surface area contributed by atoms with Crippen LogP contribution in [0.4, 0.5) is 17.1 Å². The van der Waals surface area contributed by atoms with Crippen LogP contribution >= 0.6 is 0 Å². The number of amides is 2. The summed E-state index contributed by atoms with van der Waals surface area (Å²) in [6, 6.07) is 15.4. The second-order valence-corrected chi connectivity index (χ2v) is 5.76. The molecule has 0 atom stereocenters. The van der Waals surface area contributed by atoms with Crippen LogP contribution < -0.4 is 15.5 Å². The predicted octanol–water partition coefficient (Wildman–Crippen LogP) is 3.04. The van der Waals surface area contributed by atoms with Crippen LogP contribution in [0.15, 0.2) is 48.5 Å². The van der Waals surface area contributed by atoms with E-state index in [1.54, 1.807) is 0 Å². The number of carbonyl (C=O) groups excluding carboxylic acids is 2. The molecule has 0 radical (unpaired) electrons. The Morgan fingerprint density at radius 2 is 1.88 bits per heavy atom. The maximum absolute atomic E-state index is 12.5. The molecule has 0 spiro atoms. The zero-order valence-corrected chi connectivity index (χ0v) is 13.7. The Kier molecular flexibility index (Phi) is 4.79. The molecule has 0 saturated heterocycles. The molecule has 0 aromatic heterocycles. The highest BCUT2D eigenvalue weighted by atomic mass is 16.2. The molecule has 24 heavy (non-hydrogen) atoms. The third kappa shape index (κ3) is 3.56. The summed E-state index contributed by atoms with van der Waals surface area (Å²) in [5, 5.41) is 5.95. The van der Waals surface area contributed by atoms with Gasteiger partial charge in [-0.2, -0.15) is 0 Å². The van der Waals surface area contributed by atoms with Gasteiger partial charge in [0.15, 0.2) is 0 Å². The van der Waals surface area contributed by atoms with Crippen LogP contribution in [0.2, 0.25) is 0 Å². The van der Waals surface area contributed by atoms with Crippen LogP contribution in [-0.4, -0.2) is 24.9 Å². The van der Waals surface area contributed by atoms with Crippen molar-refractivity contribution in [2.24, 2.45) is 0 Å². The SMILES string of the molecule is CCC(=O)Nc1cccc(NCC(=O)N2CCc3ccccc32)c1. The van der Waals surface area contributed by atoms with Crippen molar-refractivity contribution in [1.82, 2.24) is 0 Å². The van der Waals surface area contributed by atoms with Crippen LogP contribution in [0.1, 0.15) is 18.9 Å². The number of nitrogens with one attached hydrogen (secondary N) is 2. The summed E-state index contributed by atoms with van der Waals surface area (Å²) in [5.74, 6) is 0.0137. The minimum atomic E-state index is -0.0306.